The van der Waals surface area contributed by atoms with Crippen molar-refractivity contribution in [1.82, 2.24) is 4.90 Å². The largest absolute Gasteiger partial charge is 0.346 e. The molecular weight excluding hydrogens is 262 g/mol. The van der Waals surface area contributed by atoms with Gasteiger partial charge in [0.05, 0.1) is 11.5 Å². The van der Waals surface area contributed by atoms with Crippen molar-refractivity contribution in [2.45, 2.75) is 45.4 Å². The highest BCUT2D eigenvalue weighted by molar-refractivity contribution is 7.91. The van der Waals surface area contributed by atoms with Crippen LogP contribution in [0.5, 0.6) is 0 Å². The maximum absolute atomic E-state index is 11.7. The molecule has 0 rings (SSSR count). The van der Waals surface area contributed by atoms with E-state index in [1.54, 1.807) is 4.90 Å². The lowest BCUT2D eigenvalue weighted by Gasteiger charge is -2.16. The predicted octanol–water partition coefficient (Wildman–Crippen LogP) is 2.41. The van der Waals surface area contributed by atoms with Gasteiger partial charge in [-0.15, -0.1) is 6.58 Å². The molecule has 0 bridgehead atoms. The fourth-order valence-electron chi connectivity index (χ4n) is 1.75. The fraction of sp³-hybridized carbons (Fsp3) is 0.786. The van der Waals surface area contributed by atoms with Crippen molar-refractivity contribution in [3.05, 3.63) is 12.7 Å². The third kappa shape index (κ3) is 9.70. The summed E-state index contributed by atoms with van der Waals surface area (Å²) >= 11 is 0. The van der Waals surface area contributed by atoms with Crippen molar-refractivity contribution in [3.8, 4) is 0 Å². The molecule has 0 aliphatic carbocycles. The molecule has 0 atom stereocenters. The van der Waals surface area contributed by atoms with Crippen LogP contribution in [0.25, 0.3) is 0 Å². The first-order valence-corrected chi connectivity index (χ1v) is 8.80. The van der Waals surface area contributed by atoms with Crippen LogP contribution in [0.15, 0.2) is 12.7 Å². The lowest BCUT2D eigenvalue weighted by Crippen LogP contribution is -2.27. The minimum absolute atomic E-state index is 0.0473. The highest BCUT2D eigenvalue weighted by atomic mass is 32.2. The molecule has 0 aliphatic heterocycles. The van der Waals surface area contributed by atoms with Gasteiger partial charge in [-0.1, -0.05) is 25.8 Å². The second-order valence-corrected chi connectivity index (χ2v) is 7.11. The van der Waals surface area contributed by atoms with E-state index in [4.69, 9.17) is 0 Å². The number of sulfone groups is 1. The number of carbonyl (C=O) groups excluding carboxylic acids is 1. The minimum Gasteiger partial charge on any atom is -0.346 e. The number of carbonyl (C=O) groups is 1. The van der Waals surface area contributed by atoms with Crippen LogP contribution < -0.4 is 0 Å². The number of hydrogen-bond donors (Lipinski definition) is 0. The molecule has 0 heterocycles. The Labute approximate surface area is 117 Å². The van der Waals surface area contributed by atoms with Gasteiger partial charge >= 0.3 is 0 Å². The van der Waals surface area contributed by atoms with Crippen molar-refractivity contribution >= 4 is 15.7 Å². The summed E-state index contributed by atoms with van der Waals surface area (Å²) in [5.41, 5.74) is 0. The van der Waals surface area contributed by atoms with Crippen molar-refractivity contribution in [2.75, 3.05) is 25.1 Å². The Morgan fingerprint density at radius 3 is 2.47 bits per heavy atom. The molecular formula is C14H27NO3S. The third-order valence-electron chi connectivity index (χ3n) is 2.99. The van der Waals surface area contributed by atoms with Crippen LogP contribution in [0.3, 0.4) is 0 Å². The molecule has 0 spiro atoms. The van der Waals surface area contributed by atoms with Crippen molar-refractivity contribution in [1.29, 1.82) is 0 Å². The molecule has 0 aromatic heterocycles. The van der Waals surface area contributed by atoms with Gasteiger partial charge in [-0.05, 0) is 19.3 Å². The van der Waals surface area contributed by atoms with Gasteiger partial charge in [-0.25, -0.2) is 8.42 Å². The second kappa shape index (κ2) is 10.0. The van der Waals surface area contributed by atoms with E-state index < -0.39 is 9.84 Å². The standard InChI is InChI=1S/C14H27NO3S/c1-4-6-11-15(3)14(16)10-8-7-9-13-19(17,18)12-5-2/h5H,2,4,6-13H2,1,3H3. The van der Waals surface area contributed by atoms with Gasteiger partial charge in [0.25, 0.3) is 0 Å². The average molecular weight is 289 g/mol. The van der Waals surface area contributed by atoms with E-state index >= 15 is 0 Å². The average Bonchev–Trinajstić information content (AvgIpc) is 2.34. The SMILES string of the molecule is C=CCS(=O)(=O)CCCCCC(=O)N(C)CCCC. The molecule has 0 fully saturated rings. The van der Waals surface area contributed by atoms with Gasteiger partial charge in [0, 0.05) is 20.0 Å². The summed E-state index contributed by atoms with van der Waals surface area (Å²) in [7, 11) is -1.15. The zero-order chi connectivity index (χ0) is 14.7. The van der Waals surface area contributed by atoms with E-state index in [9.17, 15) is 13.2 Å². The smallest absolute Gasteiger partial charge is 0.222 e. The molecule has 1 amide bonds. The second-order valence-electron chi connectivity index (χ2n) is 4.88. The van der Waals surface area contributed by atoms with E-state index in [0.717, 1.165) is 32.2 Å². The monoisotopic (exact) mass is 289 g/mol. The van der Waals surface area contributed by atoms with Gasteiger partial charge < -0.3 is 4.90 Å². The summed E-state index contributed by atoms with van der Waals surface area (Å²) in [6, 6.07) is 0. The number of hydrogen-bond acceptors (Lipinski definition) is 3. The first-order valence-electron chi connectivity index (χ1n) is 6.98. The Balaban J connectivity index is 3.69. The summed E-state index contributed by atoms with van der Waals surface area (Å²) in [6.45, 7) is 6.34. The molecule has 4 nitrogen and oxygen atoms in total. The topological polar surface area (TPSA) is 54.5 Å². The number of amides is 1. The summed E-state index contributed by atoms with van der Waals surface area (Å²) in [4.78, 5) is 13.5. The Hall–Kier alpha value is -0.840. The van der Waals surface area contributed by atoms with Crippen LogP contribution in [-0.4, -0.2) is 44.3 Å². The first-order chi connectivity index (χ1) is 8.93. The zero-order valence-corrected chi connectivity index (χ0v) is 13.0. The minimum atomic E-state index is -2.97. The van der Waals surface area contributed by atoms with Gasteiger partial charge in [-0.3, -0.25) is 4.79 Å². The molecule has 0 aliphatic rings. The highest BCUT2D eigenvalue weighted by Crippen LogP contribution is 2.06. The van der Waals surface area contributed by atoms with Crippen LogP contribution >= 0.6 is 0 Å². The maximum Gasteiger partial charge on any atom is 0.222 e. The number of unbranched alkanes of at least 4 members (excludes halogenated alkanes) is 3. The molecule has 0 aromatic rings. The van der Waals surface area contributed by atoms with E-state index in [1.807, 2.05) is 7.05 Å². The Kier molecular flexibility index (Phi) is 9.57. The van der Waals surface area contributed by atoms with Crippen molar-refractivity contribution in [2.24, 2.45) is 0 Å². The van der Waals surface area contributed by atoms with Gasteiger partial charge in [-0.2, -0.15) is 0 Å². The van der Waals surface area contributed by atoms with Gasteiger partial charge in [0.1, 0.15) is 0 Å². The Morgan fingerprint density at radius 2 is 1.89 bits per heavy atom. The molecule has 0 N–H and O–H groups in total. The Bertz CT molecular complexity index is 363. The normalized spacial score (nSPS) is 11.3. The molecule has 19 heavy (non-hydrogen) atoms. The summed E-state index contributed by atoms with van der Waals surface area (Å²) in [5, 5.41) is 0. The summed E-state index contributed by atoms with van der Waals surface area (Å²) in [5.74, 6) is 0.396. The van der Waals surface area contributed by atoms with Crippen LogP contribution in [0.4, 0.5) is 0 Å². The first kappa shape index (κ1) is 18.2. The van der Waals surface area contributed by atoms with Crippen LogP contribution in [0, 0.1) is 0 Å². The predicted molar refractivity (Wildman–Crippen MR) is 79.9 cm³/mol. The third-order valence-corrected chi connectivity index (χ3v) is 4.64. The molecule has 112 valence electrons. The van der Waals surface area contributed by atoms with E-state index in [0.29, 0.717) is 12.8 Å². The highest BCUT2D eigenvalue weighted by Gasteiger charge is 2.09. The molecule has 0 saturated heterocycles. The maximum atomic E-state index is 11.7. The van der Waals surface area contributed by atoms with E-state index in [-0.39, 0.29) is 17.4 Å². The van der Waals surface area contributed by atoms with Crippen molar-refractivity contribution < 1.29 is 13.2 Å². The quantitative estimate of drug-likeness (QED) is 0.433. The van der Waals surface area contributed by atoms with Crippen LogP contribution in [0.2, 0.25) is 0 Å². The van der Waals surface area contributed by atoms with Gasteiger partial charge in [0.2, 0.25) is 5.91 Å². The summed E-state index contributed by atoms with van der Waals surface area (Å²) < 4.78 is 22.8. The van der Waals surface area contributed by atoms with E-state index in [2.05, 4.69) is 13.5 Å². The molecule has 0 radical (unpaired) electrons. The molecule has 0 aromatic carbocycles. The molecule has 0 unspecified atom stereocenters. The van der Waals surface area contributed by atoms with Crippen LogP contribution in [0.1, 0.15) is 45.4 Å². The zero-order valence-electron chi connectivity index (χ0n) is 12.2. The Morgan fingerprint density at radius 1 is 1.21 bits per heavy atom. The lowest BCUT2D eigenvalue weighted by molar-refractivity contribution is -0.130. The van der Waals surface area contributed by atoms with Crippen LogP contribution in [-0.2, 0) is 14.6 Å². The number of rotatable bonds is 11. The molecule has 0 saturated carbocycles. The van der Waals surface area contributed by atoms with E-state index in [1.165, 1.54) is 6.08 Å². The summed E-state index contributed by atoms with van der Waals surface area (Å²) in [6.07, 6.45) is 6.22. The number of nitrogens with zero attached hydrogens (tertiary/aromatic N) is 1. The molecule has 5 heteroatoms. The van der Waals surface area contributed by atoms with Crippen molar-refractivity contribution in [3.63, 3.8) is 0 Å². The fourth-order valence-corrected chi connectivity index (χ4v) is 2.92. The van der Waals surface area contributed by atoms with Gasteiger partial charge in [0.15, 0.2) is 9.84 Å². The lowest BCUT2D eigenvalue weighted by atomic mass is 10.2.